The molecular formula is C14H20N4O2S. The summed E-state index contributed by atoms with van der Waals surface area (Å²) in [6, 6.07) is 0.306. The van der Waals surface area contributed by atoms with E-state index in [0.717, 1.165) is 37.4 Å². The molecule has 1 unspecified atom stereocenters. The van der Waals surface area contributed by atoms with E-state index in [2.05, 4.69) is 28.8 Å². The molecule has 7 heteroatoms. The first-order valence-electron chi connectivity index (χ1n) is 7.25. The molecule has 1 fully saturated rings. The number of hydrogen-bond acceptors (Lipinski definition) is 5. The standard InChI is InChI=1S/C14H20N4O2S/c1-3-10-9-16(2)5-4-6-17(10)12-11(13(19)20)18-7-8-21-14(18)15-12/h7-8,10H,3-6,9H2,1-2H3,(H,19,20). The van der Waals surface area contributed by atoms with Gasteiger partial charge in [-0.2, -0.15) is 0 Å². The van der Waals surface area contributed by atoms with Crippen LogP contribution in [0.15, 0.2) is 11.6 Å². The second-order valence-corrected chi connectivity index (χ2v) is 6.39. The van der Waals surface area contributed by atoms with Crippen molar-refractivity contribution in [3.8, 4) is 0 Å². The Morgan fingerprint density at radius 3 is 3.05 bits per heavy atom. The Labute approximate surface area is 127 Å². The highest BCUT2D eigenvalue weighted by atomic mass is 32.1. The molecule has 114 valence electrons. The summed E-state index contributed by atoms with van der Waals surface area (Å²) in [6.07, 6.45) is 3.79. The van der Waals surface area contributed by atoms with E-state index in [0.29, 0.717) is 11.9 Å². The number of likely N-dealkylation sites (N-methyl/N-ethyl adjacent to an activating group) is 1. The maximum Gasteiger partial charge on any atom is 0.356 e. The molecule has 0 aliphatic carbocycles. The van der Waals surface area contributed by atoms with Gasteiger partial charge in [0.1, 0.15) is 0 Å². The Balaban J connectivity index is 2.06. The number of fused-ring (bicyclic) bond motifs is 1. The minimum Gasteiger partial charge on any atom is -0.476 e. The van der Waals surface area contributed by atoms with E-state index >= 15 is 0 Å². The fraction of sp³-hybridized carbons (Fsp3) is 0.571. The predicted molar refractivity (Wildman–Crippen MR) is 83.6 cm³/mol. The van der Waals surface area contributed by atoms with Gasteiger partial charge in [-0.25, -0.2) is 9.78 Å². The van der Waals surface area contributed by atoms with Crippen LogP contribution in [0, 0.1) is 0 Å². The van der Waals surface area contributed by atoms with Crippen LogP contribution in [0.2, 0.25) is 0 Å². The van der Waals surface area contributed by atoms with Crippen molar-refractivity contribution in [2.75, 3.05) is 31.6 Å². The van der Waals surface area contributed by atoms with Crippen molar-refractivity contribution < 1.29 is 9.90 Å². The highest BCUT2D eigenvalue weighted by molar-refractivity contribution is 7.15. The maximum atomic E-state index is 11.7. The van der Waals surface area contributed by atoms with Crippen molar-refractivity contribution in [1.29, 1.82) is 0 Å². The molecule has 0 amide bonds. The number of nitrogens with zero attached hydrogens (tertiary/aromatic N) is 4. The number of imidazole rings is 1. The molecule has 2 aromatic rings. The molecule has 0 spiro atoms. The summed E-state index contributed by atoms with van der Waals surface area (Å²) >= 11 is 1.47. The fourth-order valence-corrected chi connectivity index (χ4v) is 3.75. The lowest BCUT2D eigenvalue weighted by molar-refractivity contribution is 0.0690. The molecular weight excluding hydrogens is 288 g/mol. The van der Waals surface area contributed by atoms with Crippen molar-refractivity contribution >= 4 is 28.1 Å². The van der Waals surface area contributed by atoms with Crippen molar-refractivity contribution in [2.45, 2.75) is 25.8 Å². The van der Waals surface area contributed by atoms with Gasteiger partial charge in [-0.1, -0.05) is 6.92 Å². The molecule has 6 nitrogen and oxygen atoms in total. The van der Waals surface area contributed by atoms with Crippen LogP contribution < -0.4 is 4.90 Å². The van der Waals surface area contributed by atoms with Crippen molar-refractivity contribution in [1.82, 2.24) is 14.3 Å². The van der Waals surface area contributed by atoms with Gasteiger partial charge in [-0.05, 0) is 26.4 Å². The van der Waals surface area contributed by atoms with Crippen LogP contribution in [0.1, 0.15) is 30.3 Å². The second kappa shape index (κ2) is 5.65. The topological polar surface area (TPSA) is 61.1 Å². The molecule has 0 radical (unpaired) electrons. The van der Waals surface area contributed by atoms with E-state index in [4.69, 9.17) is 0 Å². The number of aromatic carboxylic acids is 1. The first-order valence-corrected chi connectivity index (χ1v) is 8.13. The average molecular weight is 308 g/mol. The van der Waals surface area contributed by atoms with E-state index in [-0.39, 0.29) is 5.69 Å². The highest BCUT2D eigenvalue weighted by Gasteiger charge is 2.29. The molecule has 0 aromatic carbocycles. The Bertz CT molecular complexity index is 650. The molecule has 2 aromatic heterocycles. The summed E-state index contributed by atoms with van der Waals surface area (Å²) in [4.78, 5) is 21.5. The molecule has 1 saturated heterocycles. The molecule has 3 heterocycles. The van der Waals surface area contributed by atoms with Gasteiger partial charge in [0.15, 0.2) is 16.5 Å². The lowest BCUT2D eigenvalue weighted by atomic mass is 10.2. The third-order valence-corrected chi connectivity index (χ3v) is 4.85. The van der Waals surface area contributed by atoms with Crippen molar-refractivity contribution in [3.05, 3.63) is 17.3 Å². The zero-order valence-electron chi connectivity index (χ0n) is 12.3. The van der Waals surface area contributed by atoms with Crippen LogP contribution in [0.5, 0.6) is 0 Å². The molecule has 21 heavy (non-hydrogen) atoms. The van der Waals surface area contributed by atoms with Gasteiger partial charge in [0.05, 0.1) is 0 Å². The number of carbonyl (C=O) groups is 1. The van der Waals surface area contributed by atoms with Gasteiger partial charge >= 0.3 is 5.97 Å². The van der Waals surface area contributed by atoms with Crippen LogP contribution in [-0.2, 0) is 0 Å². The minimum atomic E-state index is -0.914. The van der Waals surface area contributed by atoms with Gasteiger partial charge in [-0.15, -0.1) is 11.3 Å². The monoisotopic (exact) mass is 308 g/mol. The minimum absolute atomic E-state index is 0.286. The molecule has 1 N–H and O–H groups in total. The number of thiazole rings is 1. The normalized spacial score (nSPS) is 20.9. The van der Waals surface area contributed by atoms with E-state index in [9.17, 15) is 9.90 Å². The molecule has 0 bridgehead atoms. The van der Waals surface area contributed by atoms with Gasteiger partial charge in [0, 0.05) is 30.7 Å². The Morgan fingerprint density at radius 1 is 1.52 bits per heavy atom. The molecule has 1 aliphatic rings. The first-order chi connectivity index (χ1) is 10.1. The van der Waals surface area contributed by atoms with Gasteiger partial charge < -0.3 is 14.9 Å². The van der Waals surface area contributed by atoms with E-state index in [1.165, 1.54) is 11.3 Å². The number of aromatic nitrogens is 2. The van der Waals surface area contributed by atoms with Crippen LogP contribution >= 0.6 is 11.3 Å². The second-order valence-electron chi connectivity index (χ2n) is 5.52. The summed E-state index contributed by atoms with van der Waals surface area (Å²) in [5.74, 6) is -0.292. The summed E-state index contributed by atoms with van der Waals surface area (Å²) < 4.78 is 1.68. The average Bonchev–Trinajstić information content (AvgIpc) is 2.95. The molecule has 0 saturated carbocycles. The number of rotatable bonds is 3. The van der Waals surface area contributed by atoms with Crippen LogP contribution in [-0.4, -0.2) is 58.1 Å². The van der Waals surface area contributed by atoms with Crippen LogP contribution in [0.3, 0.4) is 0 Å². The van der Waals surface area contributed by atoms with Crippen molar-refractivity contribution in [2.24, 2.45) is 0 Å². The number of anilines is 1. The Morgan fingerprint density at radius 2 is 2.33 bits per heavy atom. The zero-order chi connectivity index (χ0) is 15.0. The Hall–Kier alpha value is -1.60. The van der Waals surface area contributed by atoms with E-state index in [1.54, 1.807) is 10.6 Å². The Kier molecular flexibility index (Phi) is 3.86. The maximum absolute atomic E-state index is 11.7. The fourth-order valence-electron chi connectivity index (χ4n) is 3.04. The lowest BCUT2D eigenvalue weighted by Gasteiger charge is -2.30. The molecule has 1 aliphatic heterocycles. The third kappa shape index (κ3) is 2.51. The number of carboxylic acid groups (broad SMARTS) is 1. The largest absolute Gasteiger partial charge is 0.476 e. The molecule has 3 rings (SSSR count). The summed E-state index contributed by atoms with van der Waals surface area (Å²) in [6.45, 7) is 4.99. The van der Waals surface area contributed by atoms with Gasteiger partial charge in [0.25, 0.3) is 0 Å². The summed E-state index contributed by atoms with van der Waals surface area (Å²) in [5, 5.41) is 11.5. The van der Waals surface area contributed by atoms with E-state index in [1.807, 2.05) is 5.38 Å². The van der Waals surface area contributed by atoms with Gasteiger partial charge in [-0.3, -0.25) is 4.40 Å². The zero-order valence-corrected chi connectivity index (χ0v) is 13.1. The molecule has 1 atom stereocenters. The van der Waals surface area contributed by atoms with E-state index < -0.39 is 5.97 Å². The third-order valence-electron chi connectivity index (χ3n) is 4.09. The van der Waals surface area contributed by atoms with Crippen LogP contribution in [0.4, 0.5) is 5.82 Å². The lowest BCUT2D eigenvalue weighted by Crippen LogP contribution is -2.40. The highest BCUT2D eigenvalue weighted by Crippen LogP contribution is 2.28. The SMILES string of the molecule is CCC1CN(C)CCCN1c1nc2sccn2c1C(=O)O. The van der Waals surface area contributed by atoms with Crippen LogP contribution in [0.25, 0.3) is 4.96 Å². The van der Waals surface area contributed by atoms with Crippen molar-refractivity contribution in [3.63, 3.8) is 0 Å². The summed E-state index contributed by atoms with van der Waals surface area (Å²) in [5.41, 5.74) is 0.286. The number of hydrogen-bond donors (Lipinski definition) is 1. The predicted octanol–water partition coefficient (Wildman–Crippen LogP) is 2.01. The quantitative estimate of drug-likeness (QED) is 0.940. The first kappa shape index (κ1) is 14.3. The van der Waals surface area contributed by atoms with Gasteiger partial charge in [0.2, 0.25) is 0 Å². The summed E-state index contributed by atoms with van der Waals surface area (Å²) in [7, 11) is 2.12. The number of carboxylic acids is 1. The smallest absolute Gasteiger partial charge is 0.356 e.